The third-order valence-corrected chi connectivity index (χ3v) is 5.00. The van der Waals surface area contributed by atoms with Crippen molar-refractivity contribution in [1.82, 2.24) is 0 Å². The van der Waals surface area contributed by atoms with E-state index in [4.69, 9.17) is 32.7 Å². The van der Waals surface area contributed by atoms with Gasteiger partial charge in [-0.1, -0.05) is 35.3 Å². The van der Waals surface area contributed by atoms with Crippen LogP contribution in [0.2, 0.25) is 10.0 Å². The standard InChI is InChI=1S/C21H14Cl2FNO4/c22-16-9-15(18(10-17(16)23)28-14-7-3-12(24)4-8-14)20(26)25-13-5-1-11(2-6-13)19-21(27)29-19/h1-10,19,21,27H,(H,25,26). The van der Waals surface area contributed by atoms with Gasteiger partial charge < -0.3 is 19.9 Å². The predicted molar refractivity (Wildman–Crippen MR) is 107 cm³/mol. The Bertz CT molecular complexity index is 1060. The molecule has 0 radical (unpaired) electrons. The van der Waals surface area contributed by atoms with Crippen molar-refractivity contribution in [2.75, 3.05) is 5.32 Å². The molecule has 0 spiro atoms. The van der Waals surface area contributed by atoms with Crippen LogP contribution in [0, 0.1) is 5.82 Å². The van der Waals surface area contributed by atoms with Crippen LogP contribution in [0.25, 0.3) is 0 Å². The lowest BCUT2D eigenvalue weighted by Gasteiger charge is -2.13. The zero-order valence-corrected chi connectivity index (χ0v) is 16.2. The van der Waals surface area contributed by atoms with Gasteiger partial charge in [0, 0.05) is 11.8 Å². The van der Waals surface area contributed by atoms with Crippen LogP contribution >= 0.6 is 23.2 Å². The summed E-state index contributed by atoms with van der Waals surface area (Å²) in [6.45, 7) is 0. The number of rotatable bonds is 5. The Morgan fingerprint density at radius 1 is 1.03 bits per heavy atom. The summed E-state index contributed by atoms with van der Waals surface area (Å²) in [6, 6.07) is 15.1. The van der Waals surface area contributed by atoms with Crippen molar-refractivity contribution in [1.29, 1.82) is 0 Å². The highest BCUT2D eigenvalue weighted by molar-refractivity contribution is 6.42. The van der Waals surface area contributed by atoms with Gasteiger partial charge in [-0.25, -0.2) is 4.39 Å². The average molecular weight is 434 g/mol. The smallest absolute Gasteiger partial charge is 0.259 e. The topological polar surface area (TPSA) is 71.1 Å². The van der Waals surface area contributed by atoms with Gasteiger partial charge in [-0.15, -0.1) is 0 Å². The number of hydrogen-bond donors (Lipinski definition) is 2. The maximum atomic E-state index is 13.1. The number of nitrogens with one attached hydrogen (secondary N) is 1. The van der Waals surface area contributed by atoms with Crippen LogP contribution in [0.1, 0.15) is 22.0 Å². The van der Waals surface area contributed by atoms with Crippen LogP contribution in [0.4, 0.5) is 10.1 Å². The highest BCUT2D eigenvalue weighted by Gasteiger charge is 2.38. The van der Waals surface area contributed by atoms with E-state index in [9.17, 15) is 14.3 Å². The monoisotopic (exact) mass is 433 g/mol. The lowest BCUT2D eigenvalue weighted by atomic mass is 10.1. The molecule has 29 heavy (non-hydrogen) atoms. The molecule has 1 heterocycles. The van der Waals surface area contributed by atoms with Crippen LogP contribution in [0.5, 0.6) is 11.5 Å². The maximum Gasteiger partial charge on any atom is 0.259 e. The SMILES string of the molecule is O=C(Nc1ccc(C2OC2O)cc1)c1cc(Cl)c(Cl)cc1Oc1ccc(F)cc1. The minimum absolute atomic E-state index is 0.161. The zero-order valence-electron chi connectivity index (χ0n) is 14.7. The quantitative estimate of drug-likeness (QED) is 0.516. The van der Waals surface area contributed by atoms with Gasteiger partial charge in [0.1, 0.15) is 23.4 Å². The summed E-state index contributed by atoms with van der Waals surface area (Å²) in [7, 11) is 0. The molecule has 5 nitrogen and oxygen atoms in total. The van der Waals surface area contributed by atoms with Crippen molar-refractivity contribution in [2.24, 2.45) is 0 Å². The van der Waals surface area contributed by atoms with Gasteiger partial charge in [0.15, 0.2) is 6.29 Å². The van der Waals surface area contributed by atoms with Gasteiger partial charge in [0.25, 0.3) is 5.91 Å². The Kier molecular flexibility index (Phi) is 5.43. The molecule has 1 aliphatic heterocycles. The fraction of sp³-hybridized carbons (Fsp3) is 0.0952. The molecule has 8 heteroatoms. The Morgan fingerprint density at radius 3 is 2.28 bits per heavy atom. The summed E-state index contributed by atoms with van der Waals surface area (Å²) >= 11 is 12.1. The Morgan fingerprint density at radius 2 is 1.66 bits per heavy atom. The molecule has 0 aliphatic carbocycles. The van der Waals surface area contributed by atoms with E-state index in [1.54, 1.807) is 24.3 Å². The molecule has 2 atom stereocenters. The first-order chi connectivity index (χ1) is 13.9. The van der Waals surface area contributed by atoms with Gasteiger partial charge in [-0.3, -0.25) is 4.79 Å². The third kappa shape index (κ3) is 4.52. The van der Waals surface area contributed by atoms with E-state index in [1.807, 2.05) is 0 Å². The first-order valence-corrected chi connectivity index (χ1v) is 9.33. The minimum Gasteiger partial charge on any atom is -0.456 e. The van der Waals surface area contributed by atoms with E-state index >= 15 is 0 Å². The van der Waals surface area contributed by atoms with Crippen molar-refractivity contribution < 1.29 is 23.8 Å². The molecule has 2 unspecified atom stereocenters. The summed E-state index contributed by atoms with van der Waals surface area (Å²) in [4.78, 5) is 12.8. The van der Waals surface area contributed by atoms with Crippen LogP contribution in [0.3, 0.4) is 0 Å². The molecule has 0 bridgehead atoms. The summed E-state index contributed by atoms with van der Waals surface area (Å²) < 4.78 is 23.8. The number of carbonyl (C=O) groups is 1. The van der Waals surface area contributed by atoms with Gasteiger partial charge in [0.05, 0.1) is 15.6 Å². The number of carbonyl (C=O) groups excluding carboxylic acids is 1. The molecule has 0 aromatic heterocycles. The number of ether oxygens (including phenoxy) is 2. The number of amides is 1. The zero-order chi connectivity index (χ0) is 20.5. The number of hydrogen-bond acceptors (Lipinski definition) is 4. The van der Waals surface area contributed by atoms with Crippen molar-refractivity contribution in [3.63, 3.8) is 0 Å². The molecule has 1 fully saturated rings. The summed E-state index contributed by atoms with van der Waals surface area (Å²) in [5.41, 5.74) is 1.51. The van der Waals surface area contributed by atoms with Crippen molar-refractivity contribution in [3.05, 3.63) is 87.7 Å². The second-order valence-corrected chi connectivity index (χ2v) is 7.16. The molecule has 3 aromatic rings. The van der Waals surface area contributed by atoms with Crippen molar-refractivity contribution >= 4 is 34.8 Å². The molecule has 2 N–H and O–H groups in total. The van der Waals surface area contributed by atoms with E-state index < -0.39 is 18.0 Å². The lowest BCUT2D eigenvalue weighted by molar-refractivity contribution is 0.102. The van der Waals surface area contributed by atoms with E-state index in [0.717, 1.165) is 5.56 Å². The molecular formula is C21H14Cl2FNO4. The van der Waals surface area contributed by atoms with E-state index in [-0.39, 0.29) is 27.5 Å². The third-order valence-electron chi connectivity index (χ3n) is 4.27. The van der Waals surface area contributed by atoms with E-state index in [2.05, 4.69) is 5.32 Å². The number of epoxide rings is 1. The highest BCUT2D eigenvalue weighted by atomic mass is 35.5. The van der Waals surface area contributed by atoms with E-state index in [0.29, 0.717) is 11.4 Å². The van der Waals surface area contributed by atoms with Gasteiger partial charge in [-0.05, 0) is 48.0 Å². The molecule has 1 amide bonds. The minimum atomic E-state index is -0.780. The molecule has 3 aromatic carbocycles. The largest absolute Gasteiger partial charge is 0.456 e. The summed E-state index contributed by atoms with van der Waals surface area (Å²) in [6.07, 6.45) is -1.11. The first kappa shape index (κ1) is 19.7. The van der Waals surface area contributed by atoms with Gasteiger partial charge in [0.2, 0.25) is 0 Å². The van der Waals surface area contributed by atoms with Crippen LogP contribution in [0.15, 0.2) is 60.7 Å². The Labute approximate surface area is 175 Å². The van der Waals surface area contributed by atoms with Crippen molar-refractivity contribution in [2.45, 2.75) is 12.4 Å². The molecule has 4 rings (SSSR count). The second kappa shape index (κ2) is 8.00. The molecule has 1 saturated heterocycles. The predicted octanol–water partition coefficient (Wildman–Crippen LogP) is 5.57. The number of benzene rings is 3. The fourth-order valence-electron chi connectivity index (χ4n) is 2.72. The highest BCUT2D eigenvalue weighted by Crippen LogP contribution is 2.37. The summed E-state index contributed by atoms with van der Waals surface area (Å²) in [5, 5.41) is 12.5. The number of halogens is 3. The van der Waals surface area contributed by atoms with Crippen molar-refractivity contribution in [3.8, 4) is 11.5 Å². The molecule has 0 saturated carbocycles. The Balaban J connectivity index is 1.56. The maximum absolute atomic E-state index is 13.1. The molecule has 148 valence electrons. The van der Waals surface area contributed by atoms with Gasteiger partial charge >= 0.3 is 0 Å². The van der Waals surface area contributed by atoms with Crippen LogP contribution < -0.4 is 10.1 Å². The first-order valence-electron chi connectivity index (χ1n) is 8.58. The normalized spacial score (nSPS) is 17.7. The molecular weight excluding hydrogens is 420 g/mol. The number of aliphatic hydroxyl groups is 1. The fourth-order valence-corrected chi connectivity index (χ4v) is 3.04. The van der Waals surface area contributed by atoms with Gasteiger partial charge in [-0.2, -0.15) is 0 Å². The van der Waals surface area contributed by atoms with Crippen LogP contribution in [-0.2, 0) is 4.74 Å². The van der Waals surface area contributed by atoms with E-state index in [1.165, 1.54) is 36.4 Å². The lowest BCUT2D eigenvalue weighted by Crippen LogP contribution is -2.13. The molecule has 1 aliphatic rings. The van der Waals surface area contributed by atoms with Crippen LogP contribution in [-0.4, -0.2) is 17.3 Å². The second-order valence-electron chi connectivity index (χ2n) is 6.34. The number of anilines is 1. The average Bonchev–Trinajstić information content (AvgIpc) is 3.43. The summed E-state index contributed by atoms with van der Waals surface area (Å²) in [5.74, 6) is -0.353. The number of aliphatic hydroxyl groups excluding tert-OH is 1. The Hall–Kier alpha value is -2.64.